The molecule has 0 aliphatic heterocycles. The van der Waals surface area contributed by atoms with Gasteiger partial charge in [-0.15, -0.1) is 0 Å². The molecule has 3 atom stereocenters. The van der Waals surface area contributed by atoms with Gasteiger partial charge in [-0.1, -0.05) is 173 Å². The fourth-order valence-electron chi connectivity index (χ4n) is 5.96. The normalized spacial score (nSPS) is 14.0. The molecule has 0 rings (SSSR count). The quantitative estimate of drug-likeness (QED) is 0.0412. The first-order chi connectivity index (χ1) is 22.1. The summed E-state index contributed by atoms with van der Waals surface area (Å²) in [6.07, 6.45) is 41.5. The average molecular weight is 636 g/mol. The zero-order valence-electron chi connectivity index (χ0n) is 30.0. The van der Waals surface area contributed by atoms with E-state index in [9.17, 15) is 20.1 Å². The summed E-state index contributed by atoms with van der Waals surface area (Å²) in [5, 5.41) is 33.2. The molecule has 1 amide bonds. The lowest BCUT2D eigenvalue weighted by molar-refractivity contribution is -0.124. The predicted molar refractivity (Wildman–Crippen MR) is 195 cm³/mol. The molecule has 0 aliphatic rings. The summed E-state index contributed by atoms with van der Waals surface area (Å²) < 4.78 is 0. The maximum Gasteiger partial charge on any atom is 0.220 e. The number of hydrogen-bond donors (Lipinski definition) is 4. The van der Waals surface area contributed by atoms with Crippen LogP contribution in [-0.4, -0.2) is 46.1 Å². The van der Waals surface area contributed by atoms with E-state index in [-0.39, 0.29) is 12.5 Å². The lowest BCUT2D eigenvalue weighted by Gasteiger charge is -2.26. The van der Waals surface area contributed by atoms with Crippen LogP contribution in [0.15, 0.2) is 24.3 Å². The van der Waals surface area contributed by atoms with Gasteiger partial charge in [0.2, 0.25) is 5.91 Å². The summed E-state index contributed by atoms with van der Waals surface area (Å²) in [6, 6.07) is -0.809. The summed E-state index contributed by atoms with van der Waals surface area (Å²) in [5.74, 6) is -0.155. The fourth-order valence-corrected chi connectivity index (χ4v) is 5.96. The van der Waals surface area contributed by atoms with Crippen molar-refractivity contribution >= 4 is 5.91 Å². The van der Waals surface area contributed by atoms with Crippen LogP contribution in [0.1, 0.15) is 200 Å². The molecule has 4 N–H and O–H groups in total. The molecule has 266 valence electrons. The Balaban J connectivity index is 3.62. The number of carbonyl (C=O) groups excluding carboxylic acids is 1. The lowest BCUT2D eigenvalue weighted by atomic mass is 9.99. The molecule has 0 aliphatic carbocycles. The van der Waals surface area contributed by atoms with Crippen LogP contribution in [0.25, 0.3) is 0 Å². The van der Waals surface area contributed by atoms with Gasteiger partial charge >= 0.3 is 0 Å². The van der Waals surface area contributed by atoms with E-state index in [2.05, 4.69) is 43.5 Å². The van der Waals surface area contributed by atoms with Crippen molar-refractivity contribution in [3.8, 4) is 0 Å². The van der Waals surface area contributed by atoms with E-state index >= 15 is 0 Å². The van der Waals surface area contributed by atoms with Gasteiger partial charge in [0, 0.05) is 6.42 Å². The van der Waals surface area contributed by atoms with Gasteiger partial charge in [-0.05, 0) is 44.9 Å². The second-order valence-corrected chi connectivity index (χ2v) is 13.5. The summed E-state index contributed by atoms with van der Waals surface area (Å²) >= 11 is 0. The highest BCUT2D eigenvalue weighted by molar-refractivity contribution is 5.76. The van der Waals surface area contributed by atoms with Gasteiger partial charge in [0.15, 0.2) is 0 Å². The van der Waals surface area contributed by atoms with E-state index in [4.69, 9.17) is 0 Å². The minimum atomic E-state index is -1.14. The second kappa shape index (κ2) is 35.7. The van der Waals surface area contributed by atoms with Crippen LogP contribution >= 0.6 is 0 Å². The number of nitrogens with one attached hydrogen (secondary N) is 1. The van der Waals surface area contributed by atoms with Crippen molar-refractivity contribution in [3.05, 3.63) is 24.3 Å². The molecule has 0 spiro atoms. The van der Waals surface area contributed by atoms with E-state index in [0.717, 1.165) is 51.4 Å². The number of hydrogen-bond acceptors (Lipinski definition) is 4. The molecule has 0 bridgehead atoms. The predicted octanol–water partition coefficient (Wildman–Crippen LogP) is 10.7. The Bertz CT molecular complexity index is 665. The van der Waals surface area contributed by atoms with Gasteiger partial charge < -0.3 is 20.6 Å². The molecule has 3 unspecified atom stereocenters. The van der Waals surface area contributed by atoms with E-state index in [0.29, 0.717) is 12.8 Å². The van der Waals surface area contributed by atoms with Gasteiger partial charge in [-0.3, -0.25) is 4.79 Å². The summed E-state index contributed by atoms with van der Waals surface area (Å²) in [5.41, 5.74) is 0. The molecule has 0 aromatic rings. The fraction of sp³-hybridized carbons (Fsp3) is 0.875. The lowest BCUT2D eigenvalue weighted by Crippen LogP contribution is -2.50. The second-order valence-electron chi connectivity index (χ2n) is 13.5. The molecule has 5 heteroatoms. The summed E-state index contributed by atoms with van der Waals surface area (Å²) in [6.45, 7) is 4.13. The van der Waals surface area contributed by atoms with Crippen LogP contribution in [0.5, 0.6) is 0 Å². The Kier molecular flexibility index (Phi) is 34.8. The standard InChI is InChI=1S/C40H77NO4/c1-3-5-7-9-11-13-14-15-16-17-18-19-20-21-22-23-24-25-26-27-29-31-33-35-39(44)41-37(36-42)40(45)38(43)34-32-30-28-12-10-8-6-4-2/h18-19,21-22,37-38,40,42-43,45H,3-17,20,23-36H2,1-2H3,(H,41,44)/b19-18-,22-21-. The number of amides is 1. The third-order valence-corrected chi connectivity index (χ3v) is 9.06. The molecule has 0 saturated heterocycles. The highest BCUT2D eigenvalue weighted by Crippen LogP contribution is 2.15. The Morgan fingerprint density at radius 3 is 1.40 bits per heavy atom. The first-order valence-electron chi connectivity index (χ1n) is 19.6. The largest absolute Gasteiger partial charge is 0.394 e. The molecule has 0 aromatic carbocycles. The SMILES string of the molecule is CCCCCCCCCCC/C=C\C/C=C\CCCCCCCCCC(=O)NC(CO)C(O)C(O)CCCCCCCCCC. The highest BCUT2D eigenvalue weighted by atomic mass is 16.3. The van der Waals surface area contributed by atoms with Crippen molar-refractivity contribution in [3.63, 3.8) is 0 Å². The zero-order chi connectivity index (χ0) is 33.1. The summed E-state index contributed by atoms with van der Waals surface area (Å²) in [7, 11) is 0. The Morgan fingerprint density at radius 2 is 0.956 bits per heavy atom. The van der Waals surface area contributed by atoms with Crippen molar-refractivity contribution in [1.29, 1.82) is 0 Å². The number of aliphatic hydroxyl groups is 3. The molecule has 5 nitrogen and oxygen atoms in total. The average Bonchev–Trinajstić information content (AvgIpc) is 3.04. The number of carbonyl (C=O) groups is 1. The van der Waals surface area contributed by atoms with Crippen LogP contribution in [-0.2, 0) is 4.79 Å². The smallest absolute Gasteiger partial charge is 0.220 e. The molecule has 0 fully saturated rings. The molecule has 0 radical (unpaired) electrons. The van der Waals surface area contributed by atoms with Crippen LogP contribution in [0.3, 0.4) is 0 Å². The molecule has 45 heavy (non-hydrogen) atoms. The minimum absolute atomic E-state index is 0.155. The van der Waals surface area contributed by atoms with Crippen LogP contribution in [0, 0.1) is 0 Å². The Hall–Kier alpha value is -1.17. The van der Waals surface area contributed by atoms with Gasteiger partial charge in [-0.2, -0.15) is 0 Å². The van der Waals surface area contributed by atoms with Gasteiger partial charge in [0.25, 0.3) is 0 Å². The third kappa shape index (κ3) is 31.2. The van der Waals surface area contributed by atoms with E-state index in [1.165, 1.54) is 122 Å². The van der Waals surface area contributed by atoms with Crippen molar-refractivity contribution in [1.82, 2.24) is 5.32 Å². The Morgan fingerprint density at radius 1 is 0.556 bits per heavy atom. The Labute approximate surface area is 280 Å². The minimum Gasteiger partial charge on any atom is -0.394 e. The first-order valence-corrected chi connectivity index (χ1v) is 19.6. The zero-order valence-corrected chi connectivity index (χ0v) is 30.0. The van der Waals surface area contributed by atoms with Crippen LogP contribution < -0.4 is 5.32 Å². The van der Waals surface area contributed by atoms with Gasteiger partial charge in [0.05, 0.1) is 18.8 Å². The molecule has 0 saturated carbocycles. The monoisotopic (exact) mass is 636 g/mol. The number of unbranched alkanes of at least 4 members (excludes halogenated alkanes) is 23. The van der Waals surface area contributed by atoms with E-state index in [1.54, 1.807) is 0 Å². The molecular weight excluding hydrogens is 558 g/mol. The van der Waals surface area contributed by atoms with Crippen molar-refractivity contribution < 1.29 is 20.1 Å². The van der Waals surface area contributed by atoms with Crippen molar-refractivity contribution in [2.24, 2.45) is 0 Å². The maximum absolute atomic E-state index is 12.3. The van der Waals surface area contributed by atoms with Crippen LogP contribution in [0.2, 0.25) is 0 Å². The number of rotatable bonds is 35. The number of allylic oxidation sites excluding steroid dienone is 4. The highest BCUT2D eigenvalue weighted by Gasteiger charge is 2.26. The van der Waals surface area contributed by atoms with Crippen molar-refractivity contribution in [2.45, 2.75) is 218 Å². The summed E-state index contributed by atoms with van der Waals surface area (Å²) in [4.78, 5) is 12.3. The van der Waals surface area contributed by atoms with Crippen LogP contribution in [0.4, 0.5) is 0 Å². The molecule has 0 aromatic heterocycles. The van der Waals surface area contributed by atoms with E-state index < -0.39 is 18.2 Å². The van der Waals surface area contributed by atoms with Gasteiger partial charge in [0.1, 0.15) is 6.10 Å². The molecule has 0 heterocycles. The molecular formula is C40H77NO4. The van der Waals surface area contributed by atoms with Crippen molar-refractivity contribution in [2.75, 3.05) is 6.61 Å². The van der Waals surface area contributed by atoms with Gasteiger partial charge in [-0.25, -0.2) is 0 Å². The topological polar surface area (TPSA) is 89.8 Å². The third-order valence-electron chi connectivity index (χ3n) is 9.06. The maximum atomic E-state index is 12.3. The first kappa shape index (κ1) is 43.8. The van der Waals surface area contributed by atoms with E-state index in [1.807, 2.05) is 0 Å². The number of aliphatic hydroxyl groups excluding tert-OH is 3.